The number of hydrogen-bond donors (Lipinski definition) is 0. The average Bonchev–Trinajstić information content (AvgIpc) is 3.60. The van der Waals surface area contributed by atoms with E-state index in [0.717, 1.165) is 17.1 Å². The van der Waals surface area contributed by atoms with Crippen LogP contribution in [0.15, 0.2) is 194 Å². The van der Waals surface area contributed by atoms with Crippen molar-refractivity contribution >= 4 is 79.4 Å². The van der Waals surface area contributed by atoms with E-state index in [0.29, 0.717) is 0 Å². The summed E-state index contributed by atoms with van der Waals surface area (Å²) in [6.07, 6.45) is 4.91. The van der Waals surface area contributed by atoms with Crippen LogP contribution >= 0.6 is 0 Å². The van der Waals surface area contributed by atoms with Gasteiger partial charge in [-0.25, -0.2) is 0 Å². The average molecular weight is 934 g/mol. The van der Waals surface area contributed by atoms with Crippen molar-refractivity contribution in [3.05, 3.63) is 211 Å². The lowest BCUT2D eigenvalue weighted by Crippen LogP contribution is -2.64. The third kappa shape index (κ3) is 6.63. The van der Waals surface area contributed by atoms with E-state index in [9.17, 15) is 0 Å². The molecule has 1 fully saturated rings. The van der Waals surface area contributed by atoms with Gasteiger partial charge in [0.1, 0.15) is 0 Å². The Balaban J connectivity index is 1.10. The van der Waals surface area contributed by atoms with Crippen LogP contribution < -0.4 is 31.1 Å². The van der Waals surface area contributed by atoms with Crippen LogP contribution in [-0.4, -0.2) is 12.3 Å². The molecule has 9 aromatic rings. The number of rotatable bonds is 6. The summed E-state index contributed by atoms with van der Waals surface area (Å²) < 4.78 is 0. The molecule has 0 N–H and O–H groups in total. The van der Waals surface area contributed by atoms with Crippen LogP contribution in [0.5, 0.6) is 0 Å². The van der Waals surface area contributed by atoms with Gasteiger partial charge in [0, 0.05) is 50.8 Å². The number of fused-ring (bicyclic) bond motifs is 8. The summed E-state index contributed by atoms with van der Waals surface area (Å²) in [4.78, 5) is 8.01. The molecule has 0 bridgehead atoms. The first-order valence-electron chi connectivity index (χ1n) is 26.4. The minimum atomic E-state index is -0.0826. The molecule has 13 rings (SSSR count). The van der Waals surface area contributed by atoms with Gasteiger partial charge in [-0.15, -0.1) is 0 Å². The van der Waals surface area contributed by atoms with Crippen molar-refractivity contribution in [2.75, 3.05) is 14.7 Å². The van der Waals surface area contributed by atoms with Gasteiger partial charge in [-0.1, -0.05) is 195 Å². The summed E-state index contributed by atoms with van der Waals surface area (Å²) in [6.45, 7) is 19.3. The second-order valence-corrected chi connectivity index (χ2v) is 23.7. The Labute approximate surface area is 427 Å². The maximum atomic E-state index is 2.86. The van der Waals surface area contributed by atoms with Gasteiger partial charge < -0.3 is 14.7 Å². The molecule has 3 heterocycles. The predicted molar refractivity (Wildman–Crippen MR) is 309 cm³/mol. The largest absolute Gasteiger partial charge is 0.335 e. The molecule has 0 amide bonds. The molecule has 4 aliphatic rings. The van der Waals surface area contributed by atoms with Gasteiger partial charge in [0.25, 0.3) is 6.71 Å². The van der Waals surface area contributed by atoms with Gasteiger partial charge in [-0.05, 0) is 152 Å². The molecule has 0 aromatic heterocycles. The summed E-state index contributed by atoms with van der Waals surface area (Å²) in [7, 11) is 0. The van der Waals surface area contributed by atoms with Crippen LogP contribution in [0.25, 0.3) is 33.0 Å². The van der Waals surface area contributed by atoms with Crippen molar-refractivity contribution in [2.45, 2.75) is 103 Å². The Morgan fingerprint density at radius 2 is 1.17 bits per heavy atom. The van der Waals surface area contributed by atoms with Crippen LogP contribution in [0.1, 0.15) is 97.8 Å². The predicted octanol–water partition coefficient (Wildman–Crippen LogP) is 16.6. The molecule has 1 aliphatic carbocycles. The molecule has 2 atom stereocenters. The highest BCUT2D eigenvalue weighted by Crippen LogP contribution is 2.62. The minimum Gasteiger partial charge on any atom is -0.335 e. The van der Waals surface area contributed by atoms with E-state index in [4.69, 9.17) is 0 Å². The van der Waals surface area contributed by atoms with Crippen LogP contribution in [0.4, 0.5) is 45.5 Å². The van der Waals surface area contributed by atoms with Crippen LogP contribution in [0.3, 0.4) is 0 Å². The Kier molecular flexibility index (Phi) is 9.98. The molecule has 0 radical (unpaired) electrons. The van der Waals surface area contributed by atoms with Crippen molar-refractivity contribution < 1.29 is 0 Å². The van der Waals surface area contributed by atoms with Crippen molar-refractivity contribution in [3.8, 4) is 22.3 Å². The Morgan fingerprint density at radius 1 is 0.500 bits per heavy atom. The monoisotopic (exact) mass is 934 g/mol. The zero-order chi connectivity index (χ0) is 49.3. The van der Waals surface area contributed by atoms with Gasteiger partial charge in [0.2, 0.25) is 0 Å². The summed E-state index contributed by atoms with van der Waals surface area (Å²) in [5.41, 5.74) is 23.0. The lowest BCUT2D eigenvalue weighted by Gasteiger charge is -2.53. The van der Waals surface area contributed by atoms with Gasteiger partial charge >= 0.3 is 0 Å². The Morgan fingerprint density at radius 3 is 1.96 bits per heavy atom. The SMILES string of the molecule is CC(C)(C)c1ccc(N(c2cccc(-c3cccc4ccccc34)c2)c2ccc3c(c2)N(c2ccccc2)c2cc(C(C)(C)C)cc4c2B3c2cccc3c2N4C2(C)CCCCC32C)c(-c2ccccc2)c1. The molecular weight excluding hydrogens is 870 g/mol. The van der Waals surface area contributed by atoms with E-state index in [1.54, 1.807) is 0 Å². The van der Waals surface area contributed by atoms with E-state index in [-0.39, 0.29) is 28.5 Å². The molecule has 4 heteroatoms. The van der Waals surface area contributed by atoms with Crippen molar-refractivity contribution in [1.82, 2.24) is 0 Å². The number of hydrogen-bond acceptors (Lipinski definition) is 3. The summed E-state index contributed by atoms with van der Waals surface area (Å²) in [5, 5.41) is 2.50. The summed E-state index contributed by atoms with van der Waals surface area (Å²) >= 11 is 0. The molecular formula is C68H64BN3. The molecule has 2 unspecified atom stereocenters. The quantitative estimate of drug-likeness (QED) is 0.154. The zero-order valence-electron chi connectivity index (χ0n) is 43.2. The first-order valence-corrected chi connectivity index (χ1v) is 26.4. The number of para-hydroxylation sites is 2. The third-order valence-electron chi connectivity index (χ3n) is 17.5. The van der Waals surface area contributed by atoms with E-state index < -0.39 is 0 Å². The molecule has 354 valence electrons. The van der Waals surface area contributed by atoms with Crippen molar-refractivity contribution in [2.24, 2.45) is 0 Å². The zero-order valence-corrected chi connectivity index (χ0v) is 43.2. The van der Waals surface area contributed by atoms with Gasteiger partial charge in [-0.2, -0.15) is 0 Å². The van der Waals surface area contributed by atoms with Crippen molar-refractivity contribution in [1.29, 1.82) is 0 Å². The van der Waals surface area contributed by atoms with Crippen LogP contribution in [0.2, 0.25) is 0 Å². The Hall–Kier alpha value is -7.30. The minimum absolute atomic E-state index is 0.0405. The van der Waals surface area contributed by atoms with Crippen LogP contribution in [-0.2, 0) is 16.2 Å². The van der Waals surface area contributed by atoms with Gasteiger partial charge in [0.15, 0.2) is 0 Å². The summed E-state index contributed by atoms with van der Waals surface area (Å²) in [6, 6.07) is 73.9. The highest BCUT2D eigenvalue weighted by atomic mass is 15.3. The molecule has 3 nitrogen and oxygen atoms in total. The molecule has 1 saturated carbocycles. The molecule has 9 aromatic carbocycles. The number of anilines is 8. The lowest BCUT2D eigenvalue weighted by molar-refractivity contribution is 0.195. The Bertz CT molecular complexity index is 3610. The summed E-state index contributed by atoms with van der Waals surface area (Å²) in [5.74, 6) is 0. The fourth-order valence-electron chi connectivity index (χ4n) is 13.5. The second-order valence-electron chi connectivity index (χ2n) is 23.7. The van der Waals surface area contributed by atoms with E-state index >= 15 is 0 Å². The molecule has 0 spiro atoms. The fourth-order valence-corrected chi connectivity index (χ4v) is 13.5. The maximum Gasteiger partial charge on any atom is 0.252 e. The topological polar surface area (TPSA) is 9.72 Å². The molecule has 72 heavy (non-hydrogen) atoms. The molecule has 3 aliphatic heterocycles. The third-order valence-corrected chi connectivity index (χ3v) is 17.5. The van der Waals surface area contributed by atoms with E-state index in [1.807, 2.05) is 0 Å². The smallest absolute Gasteiger partial charge is 0.252 e. The van der Waals surface area contributed by atoms with E-state index in [1.165, 1.54) is 120 Å². The first-order chi connectivity index (χ1) is 34.7. The number of nitrogens with zero attached hydrogens (tertiary/aromatic N) is 3. The standard InChI is InChI=1S/C68H64BN3/c1-65(2,3)48-34-37-59(55(41-48)46-22-11-9-12-23-46)70(51-29-19-26-47(40-51)54-31-20-25-45-24-15-16-30-53(45)54)52-35-36-57-60(44-52)71(50-27-13-10-14-28-50)61-42-49(66(4,5)6)43-62-63(61)69(57)58-33-21-32-56-64(58)72(62)68(8)39-18-17-38-67(56,68)7/h9-16,19-37,40-44H,17-18,38-39H2,1-8H3. The normalized spacial score (nSPS) is 18.6. The highest BCUT2D eigenvalue weighted by Gasteiger charge is 2.61. The first kappa shape index (κ1) is 44.6. The number of benzene rings is 9. The lowest BCUT2D eigenvalue weighted by atomic mass is 9.33. The molecule has 0 saturated heterocycles. The highest BCUT2D eigenvalue weighted by molar-refractivity contribution is 7.00. The van der Waals surface area contributed by atoms with Gasteiger partial charge in [-0.3, -0.25) is 0 Å². The van der Waals surface area contributed by atoms with Gasteiger partial charge in [0.05, 0.1) is 11.2 Å². The van der Waals surface area contributed by atoms with E-state index in [2.05, 4.69) is 264 Å². The maximum absolute atomic E-state index is 2.86. The van der Waals surface area contributed by atoms with Crippen LogP contribution in [0, 0.1) is 0 Å². The second kappa shape index (κ2) is 16.1. The van der Waals surface area contributed by atoms with Crippen molar-refractivity contribution in [3.63, 3.8) is 0 Å². The fraction of sp³-hybridized carbons (Fsp3) is 0.235.